The normalized spacial score (nSPS) is 36.8. The van der Waals surface area contributed by atoms with Gasteiger partial charge in [-0.25, -0.2) is 0 Å². The molecular weight excluding hydrogens is 354 g/mol. The minimum absolute atomic E-state index is 0.113. The van der Waals surface area contributed by atoms with E-state index >= 15 is 0 Å². The minimum atomic E-state index is -0.647. The number of rotatable bonds is 3. The molecule has 1 saturated carbocycles. The number of likely N-dealkylation sites (tertiary alicyclic amines) is 1. The van der Waals surface area contributed by atoms with Crippen LogP contribution in [0.2, 0.25) is 0 Å². The third kappa shape index (κ3) is 1.84. The Morgan fingerprint density at radius 2 is 2.07 bits per heavy atom. The second-order valence-corrected chi connectivity index (χ2v) is 9.38. The summed E-state index contributed by atoms with van der Waals surface area (Å²) in [5, 5.41) is 0. The van der Waals surface area contributed by atoms with Crippen LogP contribution in [-0.4, -0.2) is 56.2 Å². The van der Waals surface area contributed by atoms with Crippen molar-refractivity contribution >= 4 is 0 Å². The zero-order valence-corrected chi connectivity index (χ0v) is 16.4. The molecule has 7 rings (SSSR count). The summed E-state index contributed by atoms with van der Waals surface area (Å²) in [4.78, 5) is 2.76. The van der Waals surface area contributed by atoms with Crippen LogP contribution in [0.5, 0.6) is 11.5 Å². The van der Waals surface area contributed by atoms with Gasteiger partial charge >= 0.3 is 0 Å². The third-order valence-corrected chi connectivity index (χ3v) is 8.05. The fourth-order valence-electron chi connectivity index (χ4n) is 6.74. The van der Waals surface area contributed by atoms with E-state index in [1.807, 2.05) is 0 Å². The highest BCUT2D eigenvalue weighted by Crippen LogP contribution is 2.65. The molecule has 3 fully saturated rings. The maximum absolute atomic E-state index is 6.73. The Morgan fingerprint density at radius 3 is 2.86 bits per heavy atom. The Kier molecular flexibility index (Phi) is 3.09. The lowest BCUT2D eigenvalue weighted by molar-refractivity contribution is -0.226. The van der Waals surface area contributed by atoms with E-state index in [2.05, 4.69) is 23.1 Å². The molecule has 3 atom stereocenters. The van der Waals surface area contributed by atoms with Crippen LogP contribution in [-0.2, 0) is 21.3 Å². The van der Waals surface area contributed by atoms with Crippen molar-refractivity contribution in [3.63, 3.8) is 0 Å². The van der Waals surface area contributed by atoms with Crippen LogP contribution >= 0.6 is 0 Å². The first-order valence-electron chi connectivity index (χ1n) is 10.8. The van der Waals surface area contributed by atoms with Crippen molar-refractivity contribution in [3.8, 4) is 11.5 Å². The standard InChI is InChI=1S/C23H27NO4/c1-25-18-5-4-15-12-17-16-6-7-23(26-10-11-27-23)21-22(16,19(15)20(18)28-21)8-9-24(17)13-14-2-3-14/h4-6,14,17,21H,2-3,7-13H2,1H3/t17-,21-,22+/m1/s1. The number of benzene rings is 1. The largest absolute Gasteiger partial charge is 0.493 e. The maximum Gasteiger partial charge on any atom is 0.210 e. The van der Waals surface area contributed by atoms with E-state index < -0.39 is 5.79 Å². The van der Waals surface area contributed by atoms with E-state index in [4.69, 9.17) is 18.9 Å². The van der Waals surface area contributed by atoms with Crippen LogP contribution < -0.4 is 9.47 Å². The predicted octanol–water partition coefficient (Wildman–Crippen LogP) is 2.81. The van der Waals surface area contributed by atoms with E-state index in [-0.39, 0.29) is 11.5 Å². The molecule has 148 valence electrons. The van der Waals surface area contributed by atoms with E-state index in [0.29, 0.717) is 19.3 Å². The molecule has 6 aliphatic rings. The molecule has 1 aromatic carbocycles. The van der Waals surface area contributed by atoms with Crippen LogP contribution in [0.1, 0.15) is 36.8 Å². The quantitative estimate of drug-likeness (QED) is 0.753. The second-order valence-electron chi connectivity index (χ2n) is 9.38. The number of ether oxygens (including phenoxy) is 4. The molecule has 3 heterocycles. The average molecular weight is 381 g/mol. The monoisotopic (exact) mass is 381 g/mol. The number of nitrogens with zero attached hydrogens (tertiary/aromatic N) is 1. The number of fused-ring (bicyclic) bond motifs is 1. The second kappa shape index (κ2) is 5.32. The van der Waals surface area contributed by atoms with E-state index in [9.17, 15) is 0 Å². The van der Waals surface area contributed by atoms with Crippen LogP contribution in [0, 0.1) is 5.92 Å². The first-order chi connectivity index (χ1) is 13.7. The van der Waals surface area contributed by atoms with Gasteiger partial charge in [-0.15, -0.1) is 0 Å². The van der Waals surface area contributed by atoms with E-state index in [1.165, 1.54) is 30.5 Å². The highest BCUT2D eigenvalue weighted by molar-refractivity contribution is 5.66. The number of piperidine rings is 1. The molecule has 2 bridgehead atoms. The first kappa shape index (κ1) is 16.3. The van der Waals surface area contributed by atoms with Gasteiger partial charge in [-0.2, -0.15) is 0 Å². The molecule has 2 saturated heterocycles. The molecule has 28 heavy (non-hydrogen) atoms. The summed E-state index contributed by atoms with van der Waals surface area (Å²) in [5.41, 5.74) is 4.23. The molecule has 0 unspecified atom stereocenters. The summed E-state index contributed by atoms with van der Waals surface area (Å²) < 4.78 is 24.9. The summed E-state index contributed by atoms with van der Waals surface area (Å²) in [6.07, 6.45) is 8.09. The Hall–Kier alpha value is -1.56. The van der Waals surface area contributed by atoms with Crippen LogP contribution in [0.25, 0.3) is 0 Å². The van der Waals surface area contributed by atoms with Crippen LogP contribution in [0.4, 0.5) is 0 Å². The van der Waals surface area contributed by atoms with Gasteiger partial charge in [0.25, 0.3) is 0 Å². The maximum atomic E-state index is 6.73. The zero-order valence-electron chi connectivity index (χ0n) is 16.4. The highest BCUT2D eigenvalue weighted by atomic mass is 16.8. The number of methoxy groups -OCH3 is 1. The van der Waals surface area contributed by atoms with Gasteiger partial charge in [0.05, 0.1) is 25.7 Å². The molecule has 1 aromatic rings. The fourth-order valence-corrected chi connectivity index (χ4v) is 6.74. The van der Waals surface area contributed by atoms with Gasteiger partial charge in [0, 0.05) is 31.1 Å². The Labute approximate surface area is 165 Å². The van der Waals surface area contributed by atoms with Crippen molar-refractivity contribution < 1.29 is 18.9 Å². The molecule has 5 nitrogen and oxygen atoms in total. The fraction of sp³-hybridized carbons (Fsp3) is 0.652. The smallest absolute Gasteiger partial charge is 0.210 e. The highest BCUT2D eigenvalue weighted by Gasteiger charge is 2.69. The van der Waals surface area contributed by atoms with Gasteiger partial charge in [0.2, 0.25) is 5.79 Å². The third-order valence-electron chi connectivity index (χ3n) is 8.05. The zero-order chi connectivity index (χ0) is 18.5. The number of hydrogen-bond donors (Lipinski definition) is 0. The van der Waals surface area contributed by atoms with Gasteiger partial charge in [0.1, 0.15) is 0 Å². The molecule has 0 amide bonds. The lowest BCUT2D eigenvalue weighted by Gasteiger charge is -2.57. The molecule has 0 aromatic heterocycles. The Bertz CT molecular complexity index is 885. The van der Waals surface area contributed by atoms with Gasteiger partial charge in [-0.1, -0.05) is 12.1 Å². The Morgan fingerprint density at radius 1 is 1.21 bits per heavy atom. The molecule has 3 aliphatic carbocycles. The number of hydrogen-bond acceptors (Lipinski definition) is 5. The van der Waals surface area contributed by atoms with Crippen LogP contribution in [0.3, 0.4) is 0 Å². The summed E-state index contributed by atoms with van der Waals surface area (Å²) in [6.45, 7) is 3.68. The van der Waals surface area contributed by atoms with Crippen LogP contribution in [0.15, 0.2) is 23.8 Å². The van der Waals surface area contributed by atoms with Crippen molar-refractivity contribution in [2.45, 2.75) is 55.5 Å². The minimum Gasteiger partial charge on any atom is -0.493 e. The molecular formula is C23H27NO4. The summed E-state index contributed by atoms with van der Waals surface area (Å²) >= 11 is 0. The van der Waals surface area contributed by atoms with Gasteiger partial charge in [-0.3, -0.25) is 4.90 Å². The van der Waals surface area contributed by atoms with Gasteiger partial charge < -0.3 is 18.9 Å². The molecule has 5 heteroatoms. The van der Waals surface area contributed by atoms with Crippen molar-refractivity contribution in [3.05, 3.63) is 34.9 Å². The van der Waals surface area contributed by atoms with Gasteiger partial charge in [-0.05, 0) is 48.8 Å². The molecule has 0 N–H and O–H groups in total. The first-order valence-corrected chi connectivity index (χ1v) is 10.8. The SMILES string of the molecule is COc1ccc2c3c1O[C@H]1C4(CC=C5[C@@H](C2)N(CC2CC2)CC[C@]531)OCCO4. The average Bonchev–Trinajstić information content (AvgIpc) is 3.28. The molecule has 3 aliphatic heterocycles. The van der Waals surface area contributed by atoms with Crippen molar-refractivity contribution in [2.75, 3.05) is 33.4 Å². The Balaban J connectivity index is 1.44. The summed E-state index contributed by atoms with van der Waals surface area (Å²) in [5.74, 6) is 2.04. The summed E-state index contributed by atoms with van der Waals surface area (Å²) in [6, 6.07) is 4.85. The summed E-state index contributed by atoms with van der Waals surface area (Å²) in [7, 11) is 1.74. The lowest BCUT2D eigenvalue weighted by Crippen LogP contribution is -2.66. The molecule has 2 spiro atoms. The topological polar surface area (TPSA) is 40.2 Å². The van der Waals surface area contributed by atoms with Crippen molar-refractivity contribution in [1.29, 1.82) is 0 Å². The van der Waals surface area contributed by atoms with Gasteiger partial charge in [0.15, 0.2) is 17.6 Å². The van der Waals surface area contributed by atoms with E-state index in [0.717, 1.165) is 43.2 Å². The molecule has 0 radical (unpaired) electrons. The van der Waals surface area contributed by atoms with Crippen molar-refractivity contribution in [2.24, 2.45) is 5.92 Å². The predicted molar refractivity (Wildman–Crippen MR) is 103 cm³/mol. The van der Waals surface area contributed by atoms with E-state index in [1.54, 1.807) is 12.7 Å². The lowest BCUT2D eigenvalue weighted by atomic mass is 9.55. The van der Waals surface area contributed by atoms with Crippen molar-refractivity contribution in [1.82, 2.24) is 4.90 Å².